The maximum Gasteiger partial charge on any atom is 0.101 e. The number of nitrogens with zero attached hydrogens (tertiary/aromatic N) is 1. The third kappa shape index (κ3) is 1.61. The number of fused-ring (bicyclic) bond motifs is 3. The maximum absolute atomic E-state index is 3.19. The molecule has 4 aromatic rings. The highest BCUT2D eigenvalue weighted by Crippen LogP contribution is 2.34. The Kier molecular flexibility index (Phi) is 2.48. The highest BCUT2D eigenvalue weighted by molar-refractivity contribution is 7.12. The van der Waals surface area contributed by atoms with Crippen molar-refractivity contribution in [2.75, 3.05) is 0 Å². The molecule has 2 aromatic heterocycles. The molecule has 0 aliphatic carbocycles. The van der Waals surface area contributed by atoms with Gasteiger partial charge in [0.05, 0.1) is 11.0 Å². The van der Waals surface area contributed by atoms with Gasteiger partial charge < -0.3 is 4.57 Å². The molecule has 2 aromatic carbocycles. The number of thiophene rings is 1. The van der Waals surface area contributed by atoms with Gasteiger partial charge in [0.1, 0.15) is 5.00 Å². The molecule has 1 radical (unpaired) electrons. The van der Waals surface area contributed by atoms with Gasteiger partial charge >= 0.3 is 0 Å². The molecular weight excluding hydrogens is 262 g/mol. The number of aromatic nitrogens is 1. The molecule has 0 saturated carbocycles. The molecule has 0 amide bonds. The molecule has 20 heavy (non-hydrogen) atoms. The SMILES string of the molecule is Cc1ccc2c(c1)c1cc(C)ccc1n2-c1cc[c]s1. The summed E-state index contributed by atoms with van der Waals surface area (Å²) in [6.07, 6.45) is 0. The van der Waals surface area contributed by atoms with Crippen molar-refractivity contribution in [3.63, 3.8) is 0 Å². The summed E-state index contributed by atoms with van der Waals surface area (Å²) in [6, 6.07) is 17.5. The molecule has 0 aliphatic heterocycles. The summed E-state index contributed by atoms with van der Waals surface area (Å²) in [5.41, 5.74) is 5.14. The zero-order valence-electron chi connectivity index (χ0n) is 11.5. The van der Waals surface area contributed by atoms with Crippen molar-refractivity contribution >= 4 is 33.1 Å². The first-order valence-electron chi connectivity index (χ1n) is 6.72. The van der Waals surface area contributed by atoms with E-state index in [2.05, 4.69) is 66.3 Å². The Hall–Kier alpha value is -2.06. The van der Waals surface area contributed by atoms with Crippen LogP contribution < -0.4 is 0 Å². The Morgan fingerprint density at radius 3 is 1.95 bits per heavy atom. The van der Waals surface area contributed by atoms with Crippen LogP contribution in [0, 0.1) is 19.2 Å². The van der Waals surface area contributed by atoms with Crippen LogP contribution in [0.25, 0.3) is 26.8 Å². The van der Waals surface area contributed by atoms with Gasteiger partial charge in [-0.05, 0) is 50.2 Å². The molecule has 0 saturated heterocycles. The van der Waals surface area contributed by atoms with E-state index in [0.717, 1.165) is 0 Å². The lowest BCUT2D eigenvalue weighted by Gasteiger charge is -2.04. The lowest BCUT2D eigenvalue weighted by atomic mass is 10.1. The minimum absolute atomic E-state index is 1.22. The van der Waals surface area contributed by atoms with Crippen molar-refractivity contribution in [3.8, 4) is 5.00 Å². The third-order valence-corrected chi connectivity index (χ3v) is 4.54. The minimum atomic E-state index is 1.22. The van der Waals surface area contributed by atoms with E-state index in [1.165, 1.54) is 37.9 Å². The van der Waals surface area contributed by atoms with E-state index >= 15 is 0 Å². The standard InChI is InChI=1S/C18H14NS/c1-12-5-7-16-14(10-12)15-11-13(2)6-8-17(15)19(16)18-4-3-9-20-18/h3-8,10-11H,1-2H3. The van der Waals surface area contributed by atoms with Gasteiger partial charge in [-0.25, -0.2) is 0 Å². The van der Waals surface area contributed by atoms with Crippen molar-refractivity contribution in [3.05, 3.63) is 65.0 Å². The van der Waals surface area contributed by atoms with E-state index in [1.54, 1.807) is 11.3 Å². The van der Waals surface area contributed by atoms with Crippen LogP contribution in [0.4, 0.5) is 0 Å². The van der Waals surface area contributed by atoms with E-state index in [-0.39, 0.29) is 0 Å². The van der Waals surface area contributed by atoms with Crippen LogP contribution >= 0.6 is 11.3 Å². The van der Waals surface area contributed by atoms with Gasteiger partial charge in [-0.1, -0.05) is 23.3 Å². The monoisotopic (exact) mass is 276 g/mol. The van der Waals surface area contributed by atoms with E-state index < -0.39 is 0 Å². The summed E-state index contributed by atoms with van der Waals surface area (Å²) in [5.74, 6) is 0. The molecule has 0 unspecified atom stereocenters. The maximum atomic E-state index is 3.19. The summed E-state index contributed by atoms with van der Waals surface area (Å²) < 4.78 is 2.34. The van der Waals surface area contributed by atoms with Crippen molar-refractivity contribution in [2.45, 2.75) is 13.8 Å². The fraction of sp³-hybridized carbons (Fsp3) is 0.111. The van der Waals surface area contributed by atoms with Crippen molar-refractivity contribution < 1.29 is 0 Å². The Labute approximate surface area is 122 Å². The van der Waals surface area contributed by atoms with Crippen LogP contribution in [0.5, 0.6) is 0 Å². The van der Waals surface area contributed by atoms with Gasteiger partial charge in [0.2, 0.25) is 0 Å². The van der Waals surface area contributed by atoms with Crippen molar-refractivity contribution in [2.24, 2.45) is 0 Å². The molecule has 0 atom stereocenters. The molecule has 0 bridgehead atoms. The molecule has 0 N–H and O–H groups in total. The lowest BCUT2D eigenvalue weighted by molar-refractivity contribution is 1.22. The Morgan fingerprint density at radius 1 is 0.850 bits per heavy atom. The predicted octanol–water partition coefficient (Wildman–Crippen LogP) is 5.26. The van der Waals surface area contributed by atoms with E-state index in [1.807, 2.05) is 6.07 Å². The van der Waals surface area contributed by atoms with Gasteiger partial charge in [-0.15, -0.1) is 11.3 Å². The second-order valence-electron chi connectivity index (χ2n) is 5.27. The van der Waals surface area contributed by atoms with Gasteiger partial charge in [-0.2, -0.15) is 0 Å². The largest absolute Gasteiger partial charge is 0.301 e. The topological polar surface area (TPSA) is 4.93 Å². The lowest BCUT2D eigenvalue weighted by Crippen LogP contribution is -1.89. The van der Waals surface area contributed by atoms with Gasteiger partial charge in [0.25, 0.3) is 0 Å². The smallest absolute Gasteiger partial charge is 0.101 e. The van der Waals surface area contributed by atoms with Crippen LogP contribution in [-0.2, 0) is 0 Å². The molecule has 1 nitrogen and oxygen atoms in total. The molecule has 0 spiro atoms. The molecule has 0 aliphatic rings. The normalized spacial score (nSPS) is 11.5. The average Bonchev–Trinajstić information content (AvgIpc) is 3.04. The van der Waals surface area contributed by atoms with Crippen molar-refractivity contribution in [1.29, 1.82) is 0 Å². The first kappa shape index (κ1) is 11.7. The highest BCUT2D eigenvalue weighted by atomic mass is 32.1. The van der Waals surface area contributed by atoms with E-state index in [4.69, 9.17) is 0 Å². The Bertz CT molecular complexity index is 854. The molecule has 4 rings (SSSR count). The first-order chi connectivity index (χ1) is 9.74. The number of rotatable bonds is 1. The zero-order valence-corrected chi connectivity index (χ0v) is 12.3. The molecule has 0 fully saturated rings. The summed E-state index contributed by atoms with van der Waals surface area (Å²) in [5, 5.41) is 7.07. The van der Waals surface area contributed by atoms with Crippen LogP contribution in [0.3, 0.4) is 0 Å². The molecule has 2 heterocycles. The second-order valence-corrected chi connectivity index (χ2v) is 6.13. The summed E-state index contributed by atoms with van der Waals surface area (Å²) >= 11 is 1.66. The van der Waals surface area contributed by atoms with Gasteiger partial charge in [0.15, 0.2) is 0 Å². The Morgan fingerprint density at radius 2 is 1.45 bits per heavy atom. The van der Waals surface area contributed by atoms with E-state index in [9.17, 15) is 0 Å². The average molecular weight is 276 g/mol. The quantitative estimate of drug-likeness (QED) is 0.447. The third-order valence-electron chi connectivity index (χ3n) is 3.75. The first-order valence-corrected chi connectivity index (χ1v) is 7.53. The summed E-state index contributed by atoms with van der Waals surface area (Å²) in [6.45, 7) is 4.30. The zero-order chi connectivity index (χ0) is 13.7. The highest BCUT2D eigenvalue weighted by Gasteiger charge is 2.12. The number of benzene rings is 2. The van der Waals surface area contributed by atoms with Crippen molar-refractivity contribution in [1.82, 2.24) is 4.57 Å². The minimum Gasteiger partial charge on any atom is -0.301 e. The van der Waals surface area contributed by atoms with Crippen LogP contribution in [-0.4, -0.2) is 4.57 Å². The molecular formula is C18H14NS. The predicted molar refractivity (Wildman–Crippen MR) is 87.0 cm³/mol. The fourth-order valence-corrected chi connectivity index (χ4v) is 3.52. The number of hydrogen-bond donors (Lipinski definition) is 0. The fourth-order valence-electron chi connectivity index (χ4n) is 2.84. The van der Waals surface area contributed by atoms with Crippen LogP contribution in [0.2, 0.25) is 0 Å². The van der Waals surface area contributed by atoms with Crippen LogP contribution in [0.1, 0.15) is 11.1 Å². The summed E-state index contributed by atoms with van der Waals surface area (Å²) in [7, 11) is 0. The van der Waals surface area contributed by atoms with Gasteiger partial charge in [0, 0.05) is 16.2 Å². The summed E-state index contributed by atoms with van der Waals surface area (Å²) in [4.78, 5) is 0. The van der Waals surface area contributed by atoms with Crippen LogP contribution in [0.15, 0.2) is 48.5 Å². The number of hydrogen-bond acceptors (Lipinski definition) is 1. The molecule has 2 heteroatoms. The Balaban J connectivity index is 2.25. The second kappa shape index (κ2) is 4.22. The van der Waals surface area contributed by atoms with Gasteiger partial charge in [-0.3, -0.25) is 0 Å². The van der Waals surface area contributed by atoms with E-state index in [0.29, 0.717) is 0 Å². The number of aryl methyl sites for hydroxylation is 2. The molecule has 97 valence electrons.